The first-order chi connectivity index (χ1) is 18.1. The van der Waals surface area contributed by atoms with Gasteiger partial charge < -0.3 is 9.88 Å². The van der Waals surface area contributed by atoms with Crippen LogP contribution in [0.4, 0.5) is 0 Å². The van der Waals surface area contributed by atoms with Crippen LogP contribution in [0.15, 0.2) is 83.8 Å². The third-order valence-corrected chi connectivity index (χ3v) is 7.86. The second kappa shape index (κ2) is 8.73. The lowest BCUT2D eigenvalue weighted by molar-refractivity contribution is -0.131. The molecule has 2 aromatic heterocycles. The zero-order chi connectivity index (χ0) is 24.9. The summed E-state index contributed by atoms with van der Waals surface area (Å²) in [5.74, 6) is 1.45. The van der Waals surface area contributed by atoms with E-state index in [1.54, 1.807) is 0 Å². The number of aromatic nitrogens is 3. The zero-order valence-electron chi connectivity index (χ0n) is 20.6. The maximum absolute atomic E-state index is 13.7. The molecular formula is C31H28N4O2. The smallest absolute Gasteiger partial charge is 0.261 e. The van der Waals surface area contributed by atoms with Crippen LogP contribution in [0.1, 0.15) is 19.3 Å². The molecule has 6 heteroatoms. The Hall–Kier alpha value is -4.19. The number of fused-ring (bicyclic) bond motifs is 2. The molecule has 1 unspecified atom stereocenters. The number of likely N-dealkylation sites (tertiary alicyclic amines) is 1. The summed E-state index contributed by atoms with van der Waals surface area (Å²) in [6, 6.07) is 24.3. The molecule has 0 radical (unpaired) electrons. The molecule has 2 fully saturated rings. The first-order valence-electron chi connectivity index (χ1n) is 13.1. The number of amides is 1. The van der Waals surface area contributed by atoms with Gasteiger partial charge in [-0.15, -0.1) is 0 Å². The molecule has 184 valence electrons. The number of para-hydroxylation sites is 1. The number of benzene rings is 3. The molecule has 5 aromatic rings. The van der Waals surface area contributed by atoms with Crippen molar-refractivity contribution in [2.24, 2.45) is 11.8 Å². The van der Waals surface area contributed by atoms with E-state index in [1.807, 2.05) is 39.9 Å². The standard InChI is InChI=1S/C31H28N4O2/c36-30(23-9-10-23)34-16-14-20(18-34)19-35-29(33-28-4-2-1-3-26(28)31(35)37)22-7-5-21(6-8-22)24-11-12-27-25(17-24)13-15-32-27/h1-8,11-13,15,17,20,23,32H,9-10,14,16,18-19H2. The minimum atomic E-state index is -0.0189. The number of hydrogen-bond donors (Lipinski definition) is 1. The second-order valence-electron chi connectivity index (χ2n) is 10.4. The van der Waals surface area contributed by atoms with Crippen LogP contribution in [0.25, 0.3) is 44.3 Å². The third-order valence-electron chi connectivity index (χ3n) is 7.86. The summed E-state index contributed by atoms with van der Waals surface area (Å²) in [6.07, 6.45) is 4.91. The van der Waals surface area contributed by atoms with Gasteiger partial charge in [-0.25, -0.2) is 4.98 Å². The molecule has 1 atom stereocenters. The summed E-state index contributed by atoms with van der Waals surface area (Å²) in [5, 5.41) is 1.81. The van der Waals surface area contributed by atoms with Gasteiger partial charge in [0, 0.05) is 42.8 Å². The summed E-state index contributed by atoms with van der Waals surface area (Å²) in [4.78, 5) is 36.4. The van der Waals surface area contributed by atoms with Gasteiger partial charge in [0.05, 0.1) is 10.9 Å². The molecule has 1 amide bonds. The zero-order valence-corrected chi connectivity index (χ0v) is 20.6. The first kappa shape index (κ1) is 22.0. The highest BCUT2D eigenvalue weighted by Gasteiger charge is 2.36. The van der Waals surface area contributed by atoms with Gasteiger partial charge >= 0.3 is 0 Å². The van der Waals surface area contributed by atoms with Crippen molar-refractivity contribution in [3.63, 3.8) is 0 Å². The predicted octanol–water partition coefficient (Wildman–Crippen LogP) is 5.47. The van der Waals surface area contributed by atoms with Crippen LogP contribution in [-0.4, -0.2) is 38.4 Å². The predicted molar refractivity (Wildman–Crippen MR) is 146 cm³/mol. The van der Waals surface area contributed by atoms with Crippen LogP contribution < -0.4 is 5.56 Å². The number of rotatable bonds is 5. The second-order valence-corrected chi connectivity index (χ2v) is 10.4. The van der Waals surface area contributed by atoms with Gasteiger partial charge in [-0.2, -0.15) is 0 Å². The van der Waals surface area contributed by atoms with Gasteiger partial charge in [-0.3, -0.25) is 14.2 Å². The molecule has 0 spiro atoms. The molecule has 1 saturated carbocycles. The van der Waals surface area contributed by atoms with E-state index in [4.69, 9.17) is 4.98 Å². The molecule has 37 heavy (non-hydrogen) atoms. The Kier molecular flexibility index (Phi) is 5.20. The molecule has 1 N–H and O–H groups in total. The lowest BCUT2D eigenvalue weighted by Gasteiger charge is -2.19. The van der Waals surface area contributed by atoms with Gasteiger partial charge in [0.2, 0.25) is 5.91 Å². The maximum atomic E-state index is 13.7. The summed E-state index contributed by atoms with van der Waals surface area (Å²) in [7, 11) is 0. The van der Waals surface area contributed by atoms with E-state index >= 15 is 0 Å². The van der Waals surface area contributed by atoms with Gasteiger partial charge in [0.25, 0.3) is 5.56 Å². The summed E-state index contributed by atoms with van der Waals surface area (Å²) in [5.41, 5.74) is 4.99. The number of carbonyl (C=O) groups excluding carboxylic acids is 1. The highest BCUT2D eigenvalue weighted by atomic mass is 16.2. The van der Waals surface area contributed by atoms with Crippen LogP contribution >= 0.6 is 0 Å². The van der Waals surface area contributed by atoms with E-state index in [9.17, 15) is 9.59 Å². The third kappa shape index (κ3) is 4.02. The molecule has 1 aliphatic carbocycles. The van der Waals surface area contributed by atoms with Crippen molar-refractivity contribution in [2.45, 2.75) is 25.8 Å². The van der Waals surface area contributed by atoms with E-state index in [0.717, 1.165) is 48.0 Å². The fourth-order valence-corrected chi connectivity index (χ4v) is 5.63. The van der Waals surface area contributed by atoms with Crippen molar-refractivity contribution in [1.29, 1.82) is 0 Å². The number of nitrogens with one attached hydrogen (secondary N) is 1. The Bertz CT molecular complexity index is 1690. The Morgan fingerprint density at radius 2 is 1.70 bits per heavy atom. The molecule has 1 aliphatic heterocycles. The molecule has 1 saturated heterocycles. The van der Waals surface area contributed by atoms with Crippen molar-refractivity contribution < 1.29 is 4.79 Å². The minimum Gasteiger partial charge on any atom is -0.361 e. The molecule has 6 nitrogen and oxygen atoms in total. The van der Waals surface area contributed by atoms with E-state index in [2.05, 4.69) is 53.5 Å². The highest BCUT2D eigenvalue weighted by Crippen LogP contribution is 2.33. The molecular weight excluding hydrogens is 460 g/mol. The number of aromatic amines is 1. The SMILES string of the molecule is O=C(C1CC1)N1CCC(Cn2c(-c3ccc(-c4ccc5[nH]ccc5c4)cc3)nc3ccccc3c2=O)C1. The molecule has 3 aromatic carbocycles. The Morgan fingerprint density at radius 3 is 2.54 bits per heavy atom. The van der Waals surface area contributed by atoms with Crippen LogP contribution in [-0.2, 0) is 11.3 Å². The average Bonchev–Trinajstić information content (AvgIpc) is 3.49. The minimum absolute atomic E-state index is 0.0189. The number of hydrogen-bond acceptors (Lipinski definition) is 3. The Morgan fingerprint density at radius 1 is 0.919 bits per heavy atom. The number of H-pyrrole nitrogens is 1. The van der Waals surface area contributed by atoms with Gasteiger partial charge in [0.1, 0.15) is 5.82 Å². The van der Waals surface area contributed by atoms with E-state index < -0.39 is 0 Å². The van der Waals surface area contributed by atoms with Crippen molar-refractivity contribution in [2.75, 3.05) is 13.1 Å². The van der Waals surface area contributed by atoms with Crippen molar-refractivity contribution in [3.05, 3.63) is 89.3 Å². The summed E-state index contributed by atoms with van der Waals surface area (Å²) < 4.78 is 1.83. The summed E-state index contributed by atoms with van der Waals surface area (Å²) >= 11 is 0. The maximum Gasteiger partial charge on any atom is 0.261 e. The number of carbonyl (C=O) groups is 1. The van der Waals surface area contributed by atoms with Crippen LogP contribution in [0, 0.1) is 11.8 Å². The highest BCUT2D eigenvalue weighted by molar-refractivity contribution is 5.85. The molecule has 3 heterocycles. The van der Waals surface area contributed by atoms with Crippen LogP contribution in [0.5, 0.6) is 0 Å². The fourth-order valence-electron chi connectivity index (χ4n) is 5.63. The normalized spacial score (nSPS) is 17.6. The van der Waals surface area contributed by atoms with Crippen molar-refractivity contribution >= 4 is 27.7 Å². The van der Waals surface area contributed by atoms with E-state index in [-0.39, 0.29) is 17.4 Å². The summed E-state index contributed by atoms with van der Waals surface area (Å²) in [6.45, 7) is 2.06. The molecule has 0 bridgehead atoms. The van der Waals surface area contributed by atoms with E-state index in [0.29, 0.717) is 35.7 Å². The largest absolute Gasteiger partial charge is 0.361 e. The van der Waals surface area contributed by atoms with Crippen LogP contribution in [0.3, 0.4) is 0 Å². The van der Waals surface area contributed by atoms with E-state index in [1.165, 1.54) is 5.39 Å². The lowest BCUT2D eigenvalue weighted by Crippen LogP contribution is -2.32. The first-order valence-corrected chi connectivity index (χ1v) is 13.1. The van der Waals surface area contributed by atoms with Gasteiger partial charge in [-0.05, 0) is 72.0 Å². The molecule has 7 rings (SSSR count). The quantitative estimate of drug-likeness (QED) is 0.357. The van der Waals surface area contributed by atoms with Crippen LogP contribution in [0.2, 0.25) is 0 Å². The van der Waals surface area contributed by atoms with Gasteiger partial charge in [0.15, 0.2) is 0 Å². The Labute approximate surface area is 214 Å². The van der Waals surface area contributed by atoms with Crippen molar-refractivity contribution in [1.82, 2.24) is 19.4 Å². The average molecular weight is 489 g/mol. The van der Waals surface area contributed by atoms with Gasteiger partial charge in [-0.1, -0.05) is 42.5 Å². The monoisotopic (exact) mass is 488 g/mol. The topological polar surface area (TPSA) is 71.0 Å². The number of nitrogens with zero attached hydrogens (tertiary/aromatic N) is 3. The molecule has 2 aliphatic rings. The fraction of sp³-hybridized carbons (Fsp3) is 0.258. The van der Waals surface area contributed by atoms with Crippen molar-refractivity contribution in [3.8, 4) is 22.5 Å². The lowest BCUT2D eigenvalue weighted by atomic mass is 10.0. The Balaban J connectivity index is 1.24.